The number of rotatable bonds is 6. The second-order valence-electron chi connectivity index (χ2n) is 4.53. The van der Waals surface area contributed by atoms with Crippen LogP contribution >= 0.6 is 11.6 Å². The van der Waals surface area contributed by atoms with E-state index < -0.39 is 11.9 Å². The number of carbonyl (C=O) groups is 2. The predicted molar refractivity (Wildman–Crippen MR) is 70.6 cm³/mol. The fourth-order valence-corrected chi connectivity index (χ4v) is 1.67. The fourth-order valence-electron chi connectivity index (χ4n) is 1.43. The summed E-state index contributed by atoms with van der Waals surface area (Å²) in [6.45, 7) is 4.48. The zero-order valence-corrected chi connectivity index (χ0v) is 11.6. The maximum atomic E-state index is 11.7. The summed E-state index contributed by atoms with van der Waals surface area (Å²) < 4.78 is 5.03. The number of carboxylic acid groups (broad SMARTS) is 1. The molecule has 0 amide bonds. The Kier molecular flexibility index (Phi) is 5.76. The van der Waals surface area contributed by atoms with Crippen LogP contribution < -0.4 is 0 Å². The minimum atomic E-state index is -1.15. The van der Waals surface area contributed by atoms with Gasteiger partial charge >= 0.3 is 11.9 Å². The Hall–Kier alpha value is -1.62. The summed E-state index contributed by atoms with van der Waals surface area (Å²) >= 11 is 5.80. The minimum Gasteiger partial charge on any atom is -0.478 e. The van der Waals surface area contributed by atoms with Crippen molar-refractivity contribution in [3.63, 3.8) is 0 Å². The zero-order valence-electron chi connectivity index (χ0n) is 10.9. The van der Waals surface area contributed by atoms with E-state index in [0.717, 1.165) is 19.0 Å². The van der Waals surface area contributed by atoms with Crippen molar-refractivity contribution in [3.8, 4) is 0 Å². The number of carbonyl (C=O) groups excluding carboxylic acids is 1. The molecule has 0 saturated carbocycles. The lowest BCUT2D eigenvalue weighted by atomic mass is 10.1. The Morgan fingerprint density at radius 2 is 2.16 bits per heavy atom. The molecule has 1 N–H and O–H groups in total. The number of nitrogens with zero attached hydrogens (tertiary/aromatic N) is 1. The van der Waals surface area contributed by atoms with Crippen LogP contribution in [-0.2, 0) is 4.74 Å². The highest BCUT2D eigenvalue weighted by molar-refractivity contribution is 6.33. The molecule has 5 nitrogen and oxygen atoms in total. The van der Waals surface area contributed by atoms with Crippen molar-refractivity contribution in [2.75, 3.05) is 6.61 Å². The lowest BCUT2D eigenvalue weighted by Gasteiger charge is -2.07. The molecule has 0 spiro atoms. The standard InChI is InChI=1S/C13H16ClNO4/c1-8(2)4-3-5-19-13(18)11-10(14)6-9(7-15-11)12(16)17/h6-8H,3-5H2,1-2H3,(H,16,17). The van der Waals surface area contributed by atoms with Gasteiger partial charge in [-0.2, -0.15) is 0 Å². The molecule has 0 radical (unpaired) electrons. The number of aromatic carboxylic acids is 1. The molecule has 0 aliphatic carbocycles. The van der Waals surface area contributed by atoms with Gasteiger partial charge in [0.05, 0.1) is 17.2 Å². The van der Waals surface area contributed by atoms with Crippen LogP contribution in [-0.4, -0.2) is 28.6 Å². The van der Waals surface area contributed by atoms with Gasteiger partial charge in [-0.05, 0) is 24.8 Å². The van der Waals surface area contributed by atoms with Crippen LogP contribution in [0.3, 0.4) is 0 Å². The lowest BCUT2D eigenvalue weighted by molar-refractivity contribution is 0.0487. The summed E-state index contributed by atoms with van der Waals surface area (Å²) in [4.78, 5) is 26.1. The molecule has 0 bridgehead atoms. The molecule has 6 heteroatoms. The first-order chi connectivity index (χ1) is 8.91. The molecule has 1 rings (SSSR count). The van der Waals surface area contributed by atoms with Crippen molar-refractivity contribution in [1.82, 2.24) is 4.98 Å². The summed E-state index contributed by atoms with van der Waals surface area (Å²) in [7, 11) is 0. The molecular formula is C13H16ClNO4. The molecular weight excluding hydrogens is 270 g/mol. The molecule has 0 unspecified atom stereocenters. The largest absolute Gasteiger partial charge is 0.478 e. The van der Waals surface area contributed by atoms with Crippen LogP contribution in [0.2, 0.25) is 5.02 Å². The van der Waals surface area contributed by atoms with E-state index in [4.69, 9.17) is 21.4 Å². The number of aromatic nitrogens is 1. The van der Waals surface area contributed by atoms with E-state index >= 15 is 0 Å². The van der Waals surface area contributed by atoms with Crippen LogP contribution in [0.1, 0.15) is 47.5 Å². The van der Waals surface area contributed by atoms with E-state index in [1.807, 2.05) is 0 Å². The third-order valence-electron chi connectivity index (χ3n) is 2.44. The summed E-state index contributed by atoms with van der Waals surface area (Å²) in [5.74, 6) is -1.23. The maximum Gasteiger partial charge on any atom is 0.358 e. The highest BCUT2D eigenvalue weighted by atomic mass is 35.5. The number of hydrogen-bond acceptors (Lipinski definition) is 4. The van der Waals surface area contributed by atoms with Gasteiger partial charge in [-0.25, -0.2) is 14.6 Å². The number of pyridine rings is 1. The maximum absolute atomic E-state index is 11.7. The molecule has 1 aromatic heterocycles. The van der Waals surface area contributed by atoms with E-state index in [2.05, 4.69) is 18.8 Å². The highest BCUT2D eigenvalue weighted by Crippen LogP contribution is 2.16. The summed E-state index contributed by atoms with van der Waals surface area (Å²) in [5, 5.41) is 8.73. The van der Waals surface area contributed by atoms with E-state index in [1.54, 1.807) is 0 Å². The Morgan fingerprint density at radius 1 is 1.47 bits per heavy atom. The van der Waals surface area contributed by atoms with Crippen molar-refractivity contribution in [2.45, 2.75) is 26.7 Å². The molecule has 1 heterocycles. The molecule has 104 valence electrons. The van der Waals surface area contributed by atoms with Gasteiger partial charge < -0.3 is 9.84 Å². The van der Waals surface area contributed by atoms with Gasteiger partial charge in [0.1, 0.15) is 0 Å². The Bertz CT molecular complexity index is 474. The number of hydrogen-bond donors (Lipinski definition) is 1. The van der Waals surface area contributed by atoms with Gasteiger partial charge in [0.2, 0.25) is 0 Å². The molecule has 0 atom stereocenters. The summed E-state index contributed by atoms with van der Waals surface area (Å²) in [6.07, 6.45) is 2.82. The first kappa shape index (κ1) is 15.4. The predicted octanol–water partition coefficient (Wildman–Crippen LogP) is 3.03. The van der Waals surface area contributed by atoms with Crippen LogP contribution in [0.5, 0.6) is 0 Å². The smallest absolute Gasteiger partial charge is 0.358 e. The molecule has 0 fully saturated rings. The number of ether oxygens (including phenoxy) is 1. The first-order valence-corrected chi connectivity index (χ1v) is 6.35. The Labute approximate surface area is 116 Å². The summed E-state index contributed by atoms with van der Waals surface area (Å²) in [6, 6.07) is 1.18. The quantitative estimate of drug-likeness (QED) is 0.642. The molecule has 0 aliphatic rings. The molecule has 0 aliphatic heterocycles. The number of carboxylic acids is 1. The van der Waals surface area contributed by atoms with Gasteiger partial charge in [-0.3, -0.25) is 0 Å². The van der Waals surface area contributed by atoms with Crippen molar-refractivity contribution in [1.29, 1.82) is 0 Å². The van der Waals surface area contributed by atoms with E-state index in [-0.39, 0.29) is 16.3 Å². The fraction of sp³-hybridized carbons (Fsp3) is 0.462. The highest BCUT2D eigenvalue weighted by Gasteiger charge is 2.16. The normalized spacial score (nSPS) is 10.5. The Morgan fingerprint density at radius 3 is 2.68 bits per heavy atom. The first-order valence-electron chi connectivity index (χ1n) is 5.97. The van der Waals surface area contributed by atoms with Gasteiger partial charge in [0, 0.05) is 6.20 Å². The van der Waals surface area contributed by atoms with Crippen LogP contribution in [0.25, 0.3) is 0 Å². The average Bonchev–Trinajstić information content (AvgIpc) is 2.33. The van der Waals surface area contributed by atoms with Crippen LogP contribution in [0.4, 0.5) is 0 Å². The van der Waals surface area contributed by atoms with Gasteiger partial charge in [-0.15, -0.1) is 0 Å². The molecule has 19 heavy (non-hydrogen) atoms. The minimum absolute atomic E-state index is 0.0197. The monoisotopic (exact) mass is 285 g/mol. The van der Waals surface area contributed by atoms with Crippen molar-refractivity contribution >= 4 is 23.5 Å². The SMILES string of the molecule is CC(C)CCCOC(=O)c1ncc(C(=O)O)cc1Cl. The molecule has 0 aromatic carbocycles. The number of halogens is 1. The van der Waals surface area contributed by atoms with Crippen LogP contribution in [0.15, 0.2) is 12.3 Å². The second kappa shape index (κ2) is 7.09. The van der Waals surface area contributed by atoms with E-state index in [9.17, 15) is 9.59 Å². The topological polar surface area (TPSA) is 76.5 Å². The average molecular weight is 286 g/mol. The van der Waals surface area contributed by atoms with Crippen molar-refractivity contribution < 1.29 is 19.4 Å². The summed E-state index contributed by atoms with van der Waals surface area (Å²) in [5.41, 5.74) is -0.127. The Balaban J connectivity index is 2.60. The zero-order chi connectivity index (χ0) is 14.4. The molecule has 1 aromatic rings. The van der Waals surface area contributed by atoms with Gasteiger partial charge in [0.25, 0.3) is 0 Å². The number of esters is 1. The van der Waals surface area contributed by atoms with Crippen molar-refractivity contribution in [2.24, 2.45) is 5.92 Å². The third-order valence-corrected chi connectivity index (χ3v) is 2.73. The van der Waals surface area contributed by atoms with Gasteiger partial charge in [0.15, 0.2) is 5.69 Å². The third kappa shape index (κ3) is 4.87. The van der Waals surface area contributed by atoms with E-state index in [1.165, 1.54) is 6.07 Å². The van der Waals surface area contributed by atoms with Crippen LogP contribution in [0, 0.1) is 5.92 Å². The van der Waals surface area contributed by atoms with Crippen molar-refractivity contribution in [3.05, 3.63) is 28.5 Å². The molecule has 0 saturated heterocycles. The second-order valence-corrected chi connectivity index (χ2v) is 4.94. The van der Waals surface area contributed by atoms with Gasteiger partial charge in [-0.1, -0.05) is 25.4 Å². The lowest BCUT2D eigenvalue weighted by Crippen LogP contribution is -2.11. The van der Waals surface area contributed by atoms with E-state index in [0.29, 0.717) is 12.5 Å².